The first kappa shape index (κ1) is 13.7. The van der Waals surface area contributed by atoms with Crippen LogP contribution in [0.1, 0.15) is 31.8 Å². The SMILES string of the molecule is [2H]C([2H])([2H])c1cnc(-c2cccc3c2oc2ccccc23)cc1-c1ccc(C(C)(F)F)cc1C([2H])([2H])[2H]. The van der Waals surface area contributed by atoms with Crippen LogP contribution in [0.5, 0.6) is 0 Å². The number of pyridine rings is 1. The molecule has 2 heterocycles. The third-order valence-electron chi connectivity index (χ3n) is 5.40. The summed E-state index contributed by atoms with van der Waals surface area (Å²) in [5.41, 5.74) is 1.23. The van der Waals surface area contributed by atoms with Crippen molar-refractivity contribution in [3.8, 4) is 22.4 Å². The molecule has 0 atom stereocenters. The Morgan fingerprint density at radius 3 is 2.45 bits per heavy atom. The number of fused-ring (bicyclic) bond motifs is 3. The van der Waals surface area contributed by atoms with Gasteiger partial charge in [0.15, 0.2) is 0 Å². The number of benzene rings is 3. The van der Waals surface area contributed by atoms with E-state index in [1.807, 2.05) is 36.4 Å². The van der Waals surface area contributed by atoms with Gasteiger partial charge in [0.2, 0.25) is 0 Å². The first-order valence-corrected chi connectivity index (χ1v) is 9.69. The van der Waals surface area contributed by atoms with Gasteiger partial charge < -0.3 is 4.42 Å². The molecule has 0 unspecified atom stereocenters. The summed E-state index contributed by atoms with van der Waals surface area (Å²) in [6.45, 7) is -4.73. The largest absolute Gasteiger partial charge is 0.455 e. The zero-order chi connectivity index (χ0) is 26.8. The van der Waals surface area contributed by atoms with Gasteiger partial charge in [-0.1, -0.05) is 42.5 Å². The van der Waals surface area contributed by atoms with Crippen LogP contribution in [-0.4, -0.2) is 4.98 Å². The van der Waals surface area contributed by atoms with E-state index >= 15 is 0 Å². The zero-order valence-electron chi connectivity index (χ0n) is 22.5. The minimum absolute atomic E-state index is 0.0274. The van der Waals surface area contributed by atoms with Crippen LogP contribution in [0.4, 0.5) is 8.78 Å². The van der Waals surface area contributed by atoms with Gasteiger partial charge >= 0.3 is 0 Å². The third-order valence-corrected chi connectivity index (χ3v) is 5.40. The topological polar surface area (TPSA) is 26.0 Å². The number of hydrogen-bond donors (Lipinski definition) is 0. The van der Waals surface area contributed by atoms with Gasteiger partial charge in [-0.3, -0.25) is 4.98 Å². The lowest BCUT2D eigenvalue weighted by atomic mass is 9.93. The van der Waals surface area contributed by atoms with E-state index in [0.29, 0.717) is 29.3 Å². The van der Waals surface area contributed by atoms with Gasteiger partial charge in [0.05, 0.1) is 5.69 Å². The Morgan fingerprint density at radius 2 is 1.65 bits per heavy atom. The molecule has 2 nitrogen and oxygen atoms in total. The molecule has 0 N–H and O–H groups in total. The summed E-state index contributed by atoms with van der Waals surface area (Å²) in [6.07, 6.45) is 1.19. The Kier molecular flexibility index (Phi) is 3.10. The number of furan rings is 1. The van der Waals surface area contributed by atoms with Gasteiger partial charge in [-0.25, -0.2) is 8.78 Å². The summed E-state index contributed by atoms with van der Waals surface area (Å²) in [4.78, 5) is 4.39. The summed E-state index contributed by atoms with van der Waals surface area (Å²) >= 11 is 0. The Balaban J connectivity index is 1.80. The van der Waals surface area contributed by atoms with Gasteiger partial charge in [-0.2, -0.15) is 0 Å². The van der Waals surface area contributed by atoms with E-state index in [1.54, 1.807) is 6.07 Å². The molecule has 0 amide bonds. The van der Waals surface area contributed by atoms with Crippen molar-refractivity contribution in [3.63, 3.8) is 0 Å². The molecule has 3 aromatic carbocycles. The first-order valence-electron chi connectivity index (χ1n) is 12.7. The Morgan fingerprint density at radius 1 is 0.839 bits per heavy atom. The number of hydrogen-bond acceptors (Lipinski definition) is 2. The average Bonchev–Trinajstić information content (AvgIpc) is 3.20. The Bertz CT molecular complexity index is 1650. The second-order valence-corrected chi connectivity index (χ2v) is 7.54. The monoisotopic (exact) mass is 419 g/mol. The molecule has 2 aromatic heterocycles. The molecule has 4 heteroatoms. The van der Waals surface area contributed by atoms with Crippen LogP contribution in [0.3, 0.4) is 0 Å². The van der Waals surface area contributed by atoms with Crippen molar-refractivity contribution < 1.29 is 21.4 Å². The Hall–Kier alpha value is -3.53. The molecule has 5 rings (SSSR count). The molecule has 0 aliphatic rings. The van der Waals surface area contributed by atoms with Crippen LogP contribution < -0.4 is 0 Å². The fourth-order valence-corrected chi connectivity index (χ4v) is 3.83. The molecule has 31 heavy (non-hydrogen) atoms. The minimum atomic E-state index is -3.27. The first-order chi connectivity index (χ1) is 17.2. The standard InChI is InChI=1S/C27H21F2NO/c1-16-13-18(27(3,28)29)11-12-19(16)23-14-24(30-15-17(23)2)22-9-6-8-21-20-7-4-5-10-25(20)31-26(21)22/h4-15H,1-3H3/i1D3,2D3. The van der Waals surface area contributed by atoms with Crippen molar-refractivity contribution in [3.05, 3.63) is 89.6 Å². The van der Waals surface area contributed by atoms with E-state index in [2.05, 4.69) is 4.98 Å². The van der Waals surface area contributed by atoms with Crippen LogP contribution in [-0.2, 0) is 5.92 Å². The number of aromatic nitrogens is 1. The maximum absolute atomic E-state index is 14.1. The zero-order valence-corrected chi connectivity index (χ0v) is 16.5. The van der Waals surface area contributed by atoms with Crippen LogP contribution in [0.2, 0.25) is 0 Å². The summed E-state index contributed by atoms with van der Waals surface area (Å²) in [5, 5.41) is 1.74. The van der Waals surface area contributed by atoms with E-state index in [-0.39, 0.29) is 22.3 Å². The van der Waals surface area contributed by atoms with Gasteiger partial charge in [0.25, 0.3) is 5.92 Å². The van der Waals surface area contributed by atoms with E-state index < -0.39 is 25.2 Å². The molecule has 154 valence electrons. The maximum atomic E-state index is 14.1. The number of para-hydroxylation sites is 2. The normalized spacial score (nSPS) is 15.7. The fourth-order valence-electron chi connectivity index (χ4n) is 3.83. The highest BCUT2D eigenvalue weighted by Gasteiger charge is 2.25. The third kappa shape index (κ3) is 3.28. The number of nitrogens with zero attached hydrogens (tertiary/aromatic N) is 1. The van der Waals surface area contributed by atoms with Gasteiger partial charge in [0.1, 0.15) is 11.2 Å². The molecule has 0 saturated carbocycles. The molecule has 5 aromatic rings. The van der Waals surface area contributed by atoms with E-state index in [1.165, 1.54) is 18.3 Å². The van der Waals surface area contributed by atoms with E-state index in [9.17, 15) is 8.78 Å². The van der Waals surface area contributed by atoms with Crippen molar-refractivity contribution in [2.75, 3.05) is 0 Å². The van der Waals surface area contributed by atoms with Crippen LogP contribution in [0.25, 0.3) is 44.3 Å². The number of halogens is 2. The van der Waals surface area contributed by atoms with Crippen molar-refractivity contribution in [1.82, 2.24) is 4.98 Å². The van der Waals surface area contributed by atoms with Crippen molar-refractivity contribution in [2.45, 2.75) is 26.6 Å². The predicted octanol–water partition coefficient (Wildman–Crippen LogP) is 8.04. The molecule has 0 aliphatic carbocycles. The lowest BCUT2D eigenvalue weighted by molar-refractivity contribution is 0.0174. The molecular formula is C27H21F2NO. The molecule has 0 fully saturated rings. The summed E-state index contributed by atoms with van der Waals surface area (Å²) < 4.78 is 82.3. The lowest BCUT2D eigenvalue weighted by Crippen LogP contribution is -2.07. The minimum Gasteiger partial charge on any atom is -0.455 e. The summed E-state index contributed by atoms with van der Waals surface area (Å²) in [6, 6.07) is 17.8. The highest BCUT2D eigenvalue weighted by molar-refractivity contribution is 6.09. The number of alkyl halides is 2. The second kappa shape index (κ2) is 7.02. The molecule has 0 bridgehead atoms. The maximum Gasteiger partial charge on any atom is 0.270 e. The van der Waals surface area contributed by atoms with Gasteiger partial charge in [-0.15, -0.1) is 0 Å². The van der Waals surface area contributed by atoms with Crippen LogP contribution >= 0.6 is 0 Å². The molecule has 0 radical (unpaired) electrons. The number of rotatable bonds is 3. The predicted molar refractivity (Wildman–Crippen MR) is 121 cm³/mol. The van der Waals surface area contributed by atoms with Crippen LogP contribution in [0.15, 0.2) is 77.3 Å². The van der Waals surface area contributed by atoms with Crippen molar-refractivity contribution in [1.29, 1.82) is 0 Å². The Labute approximate surface area is 187 Å². The van der Waals surface area contributed by atoms with E-state index in [0.717, 1.165) is 22.9 Å². The highest BCUT2D eigenvalue weighted by Crippen LogP contribution is 2.38. The quantitative estimate of drug-likeness (QED) is 0.296. The van der Waals surface area contributed by atoms with Crippen LogP contribution in [0, 0.1) is 13.7 Å². The van der Waals surface area contributed by atoms with Crippen molar-refractivity contribution in [2.24, 2.45) is 0 Å². The lowest BCUT2D eigenvalue weighted by Gasteiger charge is -2.15. The molecular weight excluding hydrogens is 392 g/mol. The van der Waals surface area contributed by atoms with Gasteiger partial charge in [-0.05, 0) is 60.2 Å². The highest BCUT2D eigenvalue weighted by atomic mass is 19.3. The van der Waals surface area contributed by atoms with E-state index in [4.69, 9.17) is 12.6 Å². The second-order valence-electron chi connectivity index (χ2n) is 7.54. The fraction of sp³-hybridized carbons (Fsp3) is 0.148. The molecule has 0 spiro atoms. The van der Waals surface area contributed by atoms with Gasteiger partial charge in [0, 0.05) is 43.2 Å². The molecule has 0 saturated heterocycles. The summed E-state index contributed by atoms with van der Waals surface area (Å²) in [7, 11) is 0. The number of aryl methyl sites for hydroxylation is 2. The smallest absolute Gasteiger partial charge is 0.270 e. The molecule has 0 aliphatic heterocycles. The van der Waals surface area contributed by atoms with Crippen molar-refractivity contribution >= 4 is 21.9 Å². The average molecular weight is 420 g/mol. The summed E-state index contributed by atoms with van der Waals surface area (Å²) in [5.74, 6) is -3.27.